The van der Waals surface area contributed by atoms with Crippen LogP contribution in [0, 0.1) is 10.1 Å². The number of halogens is 3. The summed E-state index contributed by atoms with van der Waals surface area (Å²) in [6.45, 7) is 0. The minimum absolute atomic E-state index is 0.0135. The van der Waals surface area contributed by atoms with Crippen LogP contribution in [0.25, 0.3) is 0 Å². The monoisotopic (exact) mass is 478 g/mol. The molecule has 0 saturated heterocycles. The molecule has 31 heavy (non-hydrogen) atoms. The molecule has 0 spiro atoms. The van der Waals surface area contributed by atoms with E-state index in [0.717, 1.165) is 12.1 Å². The molecule has 0 aromatic heterocycles. The standard InChI is InChI=1S/C20H13Cl3N4O4/c21-14-9-11(27(30)31)5-6-12(14)19(28)26-17-4-2-1-3-13(17)20(29)25-10-7-15(22)18(24)16(23)8-10/h1-9H,24H2,(H,25,29)(H,26,28). The summed E-state index contributed by atoms with van der Waals surface area (Å²) < 4.78 is 0. The van der Waals surface area contributed by atoms with Crippen LogP contribution in [0.2, 0.25) is 15.1 Å². The zero-order valence-electron chi connectivity index (χ0n) is 15.5. The number of carbonyl (C=O) groups is 2. The number of amides is 2. The fourth-order valence-electron chi connectivity index (χ4n) is 2.64. The maximum absolute atomic E-state index is 12.8. The van der Waals surface area contributed by atoms with Gasteiger partial charge in [-0.15, -0.1) is 0 Å². The minimum atomic E-state index is -0.640. The molecule has 0 fully saturated rings. The topological polar surface area (TPSA) is 127 Å². The number of nitrogen functional groups attached to an aromatic ring is 1. The van der Waals surface area contributed by atoms with Gasteiger partial charge in [-0.05, 0) is 30.3 Å². The van der Waals surface area contributed by atoms with Gasteiger partial charge in [0.15, 0.2) is 0 Å². The Hall–Kier alpha value is -3.33. The summed E-state index contributed by atoms with van der Waals surface area (Å²) in [7, 11) is 0. The van der Waals surface area contributed by atoms with E-state index in [2.05, 4.69) is 10.6 Å². The van der Waals surface area contributed by atoms with Crippen LogP contribution in [-0.2, 0) is 0 Å². The molecule has 0 heterocycles. The highest BCUT2D eigenvalue weighted by Gasteiger charge is 2.18. The van der Waals surface area contributed by atoms with Gasteiger partial charge in [-0.25, -0.2) is 0 Å². The molecular formula is C20H13Cl3N4O4. The Morgan fingerprint density at radius 3 is 2.06 bits per heavy atom. The molecule has 0 unspecified atom stereocenters. The van der Waals surface area contributed by atoms with Crippen LogP contribution in [0.5, 0.6) is 0 Å². The first-order valence-electron chi connectivity index (χ1n) is 8.57. The maximum Gasteiger partial charge on any atom is 0.270 e. The normalized spacial score (nSPS) is 10.4. The highest BCUT2D eigenvalue weighted by atomic mass is 35.5. The Morgan fingerprint density at radius 1 is 0.839 bits per heavy atom. The van der Waals surface area contributed by atoms with Crippen LogP contribution in [0.3, 0.4) is 0 Å². The Morgan fingerprint density at radius 2 is 1.45 bits per heavy atom. The smallest absolute Gasteiger partial charge is 0.270 e. The molecule has 0 saturated carbocycles. The van der Waals surface area contributed by atoms with E-state index in [1.807, 2.05) is 0 Å². The molecule has 2 amide bonds. The highest BCUT2D eigenvalue weighted by molar-refractivity contribution is 6.39. The molecule has 158 valence electrons. The van der Waals surface area contributed by atoms with Gasteiger partial charge in [-0.2, -0.15) is 0 Å². The second-order valence-corrected chi connectivity index (χ2v) is 7.45. The van der Waals surface area contributed by atoms with Crippen LogP contribution in [0.15, 0.2) is 54.6 Å². The third-order valence-electron chi connectivity index (χ3n) is 4.16. The van der Waals surface area contributed by atoms with Crippen molar-refractivity contribution >= 4 is 69.4 Å². The van der Waals surface area contributed by atoms with E-state index in [1.54, 1.807) is 12.1 Å². The van der Waals surface area contributed by atoms with E-state index in [1.165, 1.54) is 30.3 Å². The number of nitro benzene ring substituents is 1. The van der Waals surface area contributed by atoms with Crippen molar-refractivity contribution in [3.05, 3.63) is 90.9 Å². The summed E-state index contributed by atoms with van der Waals surface area (Å²) in [5.41, 5.74) is 6.31. The lowest BCUT2D eigenvalue weighted by molar-refractivity contribution is -0.384. The van der Waals surface area contributed by atoms with Gasteiger partial charge in [-0.3, -0.25) is 19.7 Å². The van der Waals surface area contributed by atoms with Crippen LogP contribution < -0.4 is 16.4 Å². The Balaban J connectivity index is 1.84. The van der Waals surface area contributed by atoms with E-state index in [0.29, 0.717) is 5.69 Å². The predicted molar refractivity (Wildman–Crippen MR) is 121 cm³/mol. The molecule has 11 heteroatoms. The largest absolute Gasteiger partial charge is 0.396 e. The molecule has 0 atom stereocenters. The quantitative estimate of drug-likeness (QED) is 0.248. The SMILES string of the molecule is Nc1c(Cl)cc(NC(=O)c2ccccc2NC(=O)c2ccc([N+](=O)[O-])cc2Cl)cc1Cl. The summed E-state index contributed by atoms with van der Waals surface area (Å²) in [4.78, 5) is 35.6. The van der Waals surface area contributed by atoms with Crippen LogP contribution in [0.4, 0.5) is 22.7 Å². The van der Waals surface area contributed by atoms with Crippen molar-refractivity contribution in [3.8, 4) is 0 Å². The second-order valence-electron chi connectivity index (χ2n) is 6.23. The highest BCUT2D eigenvalue weighted by Crippen LogP contribution is 2.31. The first kappa shape index (κ1) is 22.4. The zero-order chi connectivity index (χ0) is 22.7. The van der Waals surface area contributed by atoms with E-state index < -0.39 is 16.7 Å². The number of para-hydroxylation sites is 1. The number of hydrogen-bond acceptors (Lipinski definition) is 5. The molecule has 0 bridgehead atoms. The molecule has 8 nitrogen and oxygen atoms in total. The molecular weight excluding hydrogens is 467 g/mol. The van der Waals surface area contributed by atoms with Crippen molar-refractivity contribution in [3.63, 3.8) is 0 Å². The number of nitro groups is 1. The number of rotatable bonds is 5. The van der Waals surface area contributed by atoms with Crippen molar-refractivity contribution in [2.24, 2.45) is 0 Å². The van der Waals surface area contributed by atoms with E-state index in [-0.39, 0.29) is 43.3 Å². The predicted octanol–water partition coefficient (Wildman–Crippen LogP) is 5.64. The lowest BCUT2D eigenvalue weighted by Crippen LogP contribution is -2.18. The van der Waals surface area contributed by atoms with Crippen molar-refractivity contribution in [1.29, 1.82) is 0 Å². The number of nitrogens with two attached hydrogens (primary N) is 1. The molecule has 4 N–H and O–H groups in total. The third-order valence-corrected chi connectivity index (χ3v) is 5.10. The molecule has 3 rings (SSSR count). The van der Waals surface area contributed by atoms with E-state index in [4.69, 9.17) is 40.5 Å². The number of anilines is 3. The van der Waals surface area contributed by atoms with Gasteiger partial charge in [0.05, 0.1) is 42.5 Å². The maximum atomic E-state index is 12.8. The van der Waals surface area contributed by atoms with Gasteiger partial charge in [0, 0.05) is 17.8 Å². The number of benzene rings is 3. The van der Waals surface area contributed by atoms with Gasteiger partial charge < -0.3 is 16.4 Å². The number of non-ortho nitro benzene ring substituents is 1. The van der Waals surface area contributed by atoms with Crippen LogP contribution >= 0.6 is 34.8 Å². The van der Waals surface area contributed by atoms with E-state index >= 15 is 0 Å². The lowest BCUT2D eigenvalue weighted by Gasteiger charge is -2.13. The Kier molecular flexibility index (Phi) is 6.65. The van der Waals surface area contributed by atoms with Gasteiger partial charge in [0.2, 0.25) is 0 Å². The number of hydrogen-bond donors (Lipinski definition) is 3. The van der Waals surface area contributed by atoms with E-state index in [9.17, 15) is 19.7 Å². The van der Waals surface area contributed by atoms with Gasteiger partial charge in [-0.1, -0.05) is 46.9 Å². The Bertz CT molecular complexity index is 1190. The molecule has 0 aliphatic heterocycles. The molecule has 3 aromatic carbocycles. The van der Waals surface area contributed by atoms with Crippen LogP contribution in [-0.4, -0.2) is 16.7 Å². The van der Waals surface area contributed by atoms with Gasteiger partial charge >= 0.3 is 0 Å². The summed E-state index contributed by atoms with van der Waals surface area (Å²) in [5, 5.41) is 16.3. The molecule has 0 radical (unpaired) electrons. The second kappa shape index (κ2) is 9.22. The minimum Gasteiger partial charge on any atom is -0.396 e. The summed E-state index contributed by atoms with van der Waals surface area (Å²) in [6.07, 6.45) is 0. The van der Waals surface area contributed by atoms with Crippen molar-refractivity contribution in [2.75, 3.05) is 16.4 Å². The Labute approximate surface area is 191 Å². The zero-order valence-corrected chi connectivity index (χ0v) is 17.8. The van der Waals surface area contributed by atoms with Gasteiger partial charge in [0.25, 0.3) is 17.5 Å². The first-order chi connectivity index (χ1) is 14.7. The van der Waals surface area contributed by atoms with Crippen molar-refractivity contribution < 1.29 is 14.5 Å². The van der Waals surface area contributed by atoms with Crippen molar-refractivity contribution in [2.45, 2.75) is 0 Å². The lowest BCUT2D eigenvalue weighted by atomic mass is 10.1. The summed E-state index contributed by atoms with van der Waals surface area (Å²) >= 11 is 18.0. The summed E-state index contributed by atoms with van der Waals surface area (Å²) in [5.74, 6) is -1.18. The fraction of sp³-hybridized carbons (Fsp3) is 0. The molecule has 3 aromatic rings. The molecule has 0 aliphatic rings. The van der Waals surface area contributed by atoms with Crippen molar-refractivity contribution in [1.82, 2.24) is 0 Å². The fourth-order valence-corrected chi connectivity index (χ4v) is 3.38. The number of nitrogens with one attached hydrogen (secondary N) is 2. The summed E-state index contributed by atoms with van der Waals surface area (Å²) in [6, 6.07) is 12.6. The van der Waals surface area contributed by atoms with Crippen LogP contribution in [0.1, 0.15) is 20.7 Å². The number of carbonyl (C=O) groups excluding carboxylic acids is 2. The first-order valence-corrected chi connectivity index (χ1v) is 9.71. The number of nitrogens with zero attached hydrogens (tertiary/aromatic N) is 1. The molecule has 0 aliphatic carbocycles. The van der Waals surface area contributed by atoms with Gasteiger partial charge in [0.1, 0.15) is 0 Å². The third kappa shape index (κ3) is 5.05. The average molecular weight is 480 g/mol. The average Bonchev–Trinajstić information content (AvgIpc) is 2.72.